The number of rotatable bonds is 1. The van der Waals surface area contributed by atoms with Crippen LogP contribution in [0.25, 0.3) is 0 Å². The molecular weight excluding hydrogens is 212 g/mol. The minimum absolute atomic E-state index is 0.108. The number of hydrogen-bond acceptors (Lipinski definition) is 2. The van der Waals surface area contributed by atoms with E-state index in [2.05, 4.69) is 5.32 Å². The average molecular weight is 240 g/mol. The van der Waals surface area contributed by atoms with Gasteiger partial charge in [0.25, 0.3) is 0 Å². The molecular formula is C14H28N2O. The standard InChI is InChI=1S/C8H10N2O.3C2H6/c1-6(11)10-8-5-3-2-4-7(8)9;3*1-2/h2-5H,9H2,1H3,(H,10,11);3*1-2H3. The van der Waals surface area contributed by atoms with E-state index in [0.29, 0.717) is 11.4 Å². The van der Waals surface area contributed by atoms with Crippen LogP contribution in [-0.4, -0.2) is 5.91 Å². The highest BCUT2D eigenvalue weighted by Gasteiger charge is 1.97. The maximum Gasteiger partial charge on any atom is 0.221 e. The van der Waals surface area contributed by atoms with Gasteiger partial charge in [-0.3, -0.25) is 4.79 Å². The largest absolute Gasteiger partial charge is 0.397 e. The third-order valence-corrected chi connectivity index (χ3v) is 1.27. The third kappa shape index (κ3) is 12.4. The Morgan fingerprint density at radius 1 is 1.00 bits per heavy atom. The first-order valence-electron chi connectivity index (χ1n) is 6.32. The van der Waals surface area contributed by atoms with E-state index >= 15 is 0 Å². The molecule has 3 heteroatoms. The van der Waals surface area contributed by atoms with Crippen LogP contribution in [0, 0.1) is 0 Å². The molecule has 0 saturated carbocycles. The molecule has 0 aliphatic carbocycles. The predicted octanol–water partition coefficient (Wildman–Crippen LogP) is 4.31. The summed E-state index contributed by atoms with van der Waals surface area (Å²) >= 11 is 0. The molecule has 3 nitrogen and oxygen atoms in total. The highest BCUT2D eigenvalue weighted by molar-refractivity contribution is 5.91. The lowest BCUT2D eigenvalue weighted by Crippen LogP contribution is -2.07. The molecule has 0 aromatic heterocycles. The van der Waals surface area contributed by atoms with E-state index < -0.39 is 0 Å². The molecule has 0 aliphatic rings. The van der Waals surface area contributed by atoms with Crippen LogP contribution in [0.3, 0.4) is 0 Å². The molecule has 0 radical (unpaired) electrons. The summed E-state index contributed by atoms with van der Waals surface area (Å²) in [5.74, 6) is -0.108. The number of benzene rings is 1. The van der Waals surface area contributed by atoms with Gasteiger partial charge in [0.1, 0.15) is 0 Å². The first kappa shape index (κ1) is 20.8. The Morgan fingerprint density at radius 2 is 1.41 bits per heavy atom. The van der Waals surface area contributed by atoms with Gasteiger partial charge in [-0.05, 0) is 12.1 Å². The molecule has 1 amide bonds. The summed E-state index contributed by atoms with van der Waals surface area (Å²) in [7, 11) is 0. The molecule has 0 spiro atoms. The van der Waals surface area contributed by atoms with Crippen LogP contribution in [0.15, 0.2) is 24.3 Å². The van der Waals surface area contributed by atoms with Gasteiger partial charge in [0, 0.05) is 6.92 Å². The molecule has 100 valence electrons. The van der Waals surface area contributed by atoms with E-state index in [1.807, 2.05) is 53.7 Å². The van der Waals surface area contributed by atoms with Crippen molar-refractivity contribution >= 4 is 17.3 Å². The fourth-order valence-corrected chi connectivity index (χ4v) is 0.800. The van der Waals surface area contributed by atoms with Crippen molar-refractivity contribution in [3.63, 3.8) is 0 Å². The summed E-state index contributed by atoms with van der Waals surface area (Å²) < 4.78 is 0. The van der Waals surface area contributed by atoms with Crippen LogP contribution in [0.2, 0.25) is 0 Å². The minimum Gasteiger partial charge on any atom is -0.397 e. The van der Waals surface area contributed by atoms with Crippen molar-refractivity contribution in [1.82, 2.24) is 0 Å². The monoisotopic (exact) mass is 240 g/mol. The number of nitrogens with two attached hydrogens (primary N) is 1. The first-order chi connectivity index (χ1) is 8.20. The normalized spacial score (nSPS) is 7.00. The van der Waals surface area contributed by atoms with Gasteiger partial charge in [-0.15, -0.1) is 0 Å². The highest BCUT2D eigenvalue weighted by Crippen LogP contribution is 2.15. The van der Waals surface area contributed by atoms with Gasteiger partial charge in [0.2, 0.25) is 5.91 Å². The summed E-state index contributed by atoms with van der Waals surface area (Å²) in [6.45, 7) is 13.5. The van der Waals surface area contributed by atoms with Gasteiger partial charge in [-0.25, -0.2) is 0 Å². The number of amides is 1. The van der Waals surface area contributed by atoms with Gasteiger partial charge in [0.05, 0.1) is 11.4 Å². The van der Waals surface area contributed by atoms with Gasteiger partial charge in [0.15, 0.2) is 0 Å². The minimum atomic E-state index is -0.108. The van der Waals surface area contributed by atoms with E-state index in [4.69, 9.17) is 5.73 Å². The molecule has 0 heterocycles. The van der Waals surface area contributed by atoms with E-state index in [9.17, 15) is 4.79 Å². The smallest absolute Gasteiger partial charge is 0.221 e. The van der Waals surface area contributed by atoms with Crippen LogP contribution in [-0.2, 0) is 4.79 Å². The number of nitrogens with one attached hydrogen (secondary N) is 1. The molecule has 0 unspecified atom stereocenters. The molecule has 0 aliphatic heterocycles. The second-order valence-corrected chi connectivity index (χ2v) is 2.27. The van der Waals surface area contributed by atoms with Crippen LogP contribution in [0.5, 0.6) is 0 Å². The van der Waals surface area contributed by atoms with Crippen molar-refractivity contribution < 1.29 is 4.79 Å². The quantitative estimate of drug-likeness (QED) is 0.719. The van der Waals surface area contributed by atoms with Crippen molar-refractivity contribution in [2.75, 3.05) is 11.1 Å². The van der Waals surface area contributed by atoms with Crippen molar-refractivity contribution in [2.45, 2.75) is 48.5 Å². The Morgan fingerprint density at radius 3 is 1.76 bits per heavy atom. The predicted molar refractivity (Wildman–Crippen MR) is 79.2 cm³/mol. The number of carbonyl (C=O) groups excluding carboxylic acids is 1. The number of carbonyl (C=O) groups is 1. The van der Waals surface area contributed by atoms with Crippen molar-refractivity contribution in [1.29, 1.82) is 0 Å². The summed E-state index contributed by atoms with van der Waals surface area (Å²) in [6, 6.07) is 7.14. The Hall–Kier alpha value is -1.51. The van der Waals surface area contributed by atoms with E-state index in [0.717, 1.165) is 0 Å². The Kier molecular flexibility index (Phi) is 20.7. The van der Waals surface area contributed by atoms with E-state index in [1.54, 1.807) is 12.1 Å². The molecule has 0 bridgehead atoms. The zero-order valence-electron chi connectivity index (χ0n) is 12.3. The molecule has 0 atom stereocenters. The third-order valence-electron chi connectivity index (χ3n) is 1.27. The van der Waals surface area contributed by atoms with Crippen LogP contribution >= 0.6 is 0 Å². The van der Waals surface area contributed by atoms with E-state index in [1.165, 1.54) is 6.92 Å². The van der Waals surface area contributed by atoms with Crippen LogP contribution < -0.4 is 11.1 Å². The summed E-state index contributed by atoms with van der Waals surface area (Å²) in [4.78, 5) is 10.6. The maximum absolute atomic E-state index is 10.6. The summed E-state index contributed by atoms with van der Waals surface area (Å²) in [5, 5.41) is 2.61. The first-order valence-corrected chi connectivity index (χ1v) is 6.32. The molecule has 0 saturated heterocycles. The maximum atomic E-state index is 10.6. The number of hydrogen-bond donors (Lipinski definition) is 2. The lowest BCUT2D eigenvalue weighted by atomic mass is 10.3. The molecule has 1 aromatic carbocycles. The molecule has 17 heavy (non-hydrogen) atoms. The summed E-state index contributed by atoms with van der Waals surface area (Å²) in [6.07, 6.45) is 0. The van der Waals surface area contributed by atoms with Crippen LogP contribution in [0.4, 0.5) is 11.4 Å². The molecule has 1 rings (SSSR count). The zero-order chi connectivity index (χ0) is 14.3. The van der Waals surface area contributed by atoms with Crippen molar-refractivity contribution in [2.24, 2.45) is 0 Å². The second-order valence-electron chi connectivity index (χ2n) is 2.27. The van der Waals surface area contributed by atoms with Crippen molar-refractivity contribution in [3.8, 4) is 0 Å². The molecule has 0 fully saturated rings. The Bertz CT molecular complexity index is 273. The second kappa shape index (κ2) is 16.9. The molecule has 1 aromatic rings. The Labute approximate surface area is 106 Å². The summed E-state index contributed by atoms with van der Waals surface area (Å²) in [5.41, 5.74) is 6.81. The lowest BCUT2D eigenvalue weighted by molar-refractivity contribution is -0.114. The van der Waals surface area contributed by atoms with Gasteiger partial charge >= 0.3 is 0 Å². The number of nitrogen functional groups attached to an aromatic ring is 1. The Balaban J connectivity index is -0.000000285. The van der Waals surface area contributed by atoms with Gasteiger partial charge < -0.3 is 11.1 Å². The number of para-hydroxylation sites is 2. The number of anilines is 2. The fraction of sp³-hybridized carbons (Fsp3) is 0.500. The lowest BCUT2D eigenvalue weighted by Gasteiger charge is -2.03. The van der Waals surface area contributed by atoms with E-state index in [-0.39, 0.29) is 5.91 Å². The van der Waals surface area contributed by atoms with Gasteiger partial charge in [-0.1, -0.05) is 53.7 Å². The SMILES string of the molecule is CC.CC.CC.CC(=O)Nc1ccccc1N. The van der Waals surface area contributed by atoms with Crippen molar-refractivity contribution in [3.05, 3.63) is 24.3 Å². The highest BCUT2D eigenvalue weighted by atomic mass is 16.1. The fourth-order valence-electron chi connectivity index (χ4n) is 0.800. The van der Waals surface area contributed by atoms with Crippen LogP contribution in [0.1, 0.15) is 48.5 Å². The topological polar surface area (TPSA) is 55.1 Å². The molecule has 3 N–H and O–H groups in total. The van der Waals surface area contributed by atoms with Gasteiger partial charge in [-0.2, -0.15) is 0 Å². The zero-order valence-corrected chi connectivity index (χ0v) is 12.3. The average Bonchev–Trinajstić information content (AvgIpc) is 2.39.